The van der Waals surface area contributed by atoms with Crippen molar-refractivity contribution in [3.05, 3.63) is 64.9 Å². The van der Waals surface area contributed by atoms with E-state index in [9.17, 15) is 4.79 Å². The number of aromatic nitrogens is 3. The zero-order chi connectivity index (χ0) is 28.9. The molecule has 0 spiro atoms. The summed E-state index contributed by atoms with van der Waals surface area (Å²) in [6.07, 6.45) is 1.53. The van der Waals surface area contributed by atoms with Gasteiger partial charge in [0.2, 0.25) is 0 Å². The van der Waals surface area contributed by atoms with Crippen molar-refractivity contribution < 1.29 is 18.7 Å². The van der Waals surface area contributed by atoms with Crippen molar-refractivity contribution in [1.82, 2.24) is 14.7 Å². The van der Waals surface area contributed by atoms with Gasteiger partial charge in [0.15, 0.2) is 6.79 Å². The van der Waals surface area contributed by atoms with Gasteiger partial charge in [0, 0.05) is 34.9 Å². The van der Waals surface area contributed by atoms with Gasteiger partial charge in [0.05, 0.1) is 10.9 Å². The van der Waals surface area contributed by atoms with Gasteiger partial charge < -0.3 is 18.7 Å². The Bertz CT molecular complexity index is 1490. The standard InChI is InChI=1S/C30H41N3O5Si2/c1-22-27(28(32-38-22)23-11-9-8-10-12-23)24-17-25-29(26(18-24)37-21-36-14-16-40(5,6)7)31-19-33(30(25)34)20-35-13-15-39(2,3)4/h8-12,17-19H,13-16,20-21H2,1-7H3. The summed E-state index contributed by atoms with van der Waals surface area (Å²) < 4.78 is 24.9. The van der Waals surface area contributed by atoms with Gasteiger partial charge in [0.1, 0.15) is 35.8 Å². The number of aryl methyl sites for hydroxylation is 1. The highest BCUT2D eigenvalue weighted by Crippen LogP contribution is 2.38. The van der Waals surface area contributed by atoms with E-state index < -0.39 is 16.1 Å². The molecular weight excluding hydrogens is 539 g/mol. The zero-order valence-corrected chi connectivity index (χ0v) is 26.7. The summed E-state index contributed by atoms with van der Waals surface area (Å²) in [4.78, 5) is 18.3. The molecule has 4 aromatic rings. The van der Waals surface area contributed by atoms with Crippen LogP contribution in [0.25, 0.3) is 33.3 Å². The number of benzene rings is 2. The lowest BCUT2D eigenvalue weighted by Crippen LogP contribution is -2.25. The number of ether oxygens (including phenoxy) is 3. The minimum absolute atomic E-state index is 0.0712. The quantitative estimate of drug-likeness (QED) is 0.0954. The molecule has 0 amide bonds. The Balaban J connectivity index is 1.71. The van der Waals surface area contributed by atoms with Crippen molar-refractivity contribution >= 4 is 27.1 Å². The van der Waals surface area contributed by atoms with Gasteiger partial charge in [0.25, 0.3) is 5.56 Å². The first-order valence-corrected chi connectivity index (χ1v) is 21.2. The molecule has 0 unspecified atom stereocenters. The summed E-state index contributed by atoms with van der Waals surface area (Å²) in [5.41, 5.74) is 3.48. The van der Waals surface area contributed by atoms with E-state index in [0.717, 1.165) is 28.8 Å². The molecule has 8 nitrogen and oxygen atoms in total. The molecule has 40 heavy (non-hydrogen) atoms. The smallest absolute Gasteiger partial charge is 0.263 e. The Hall–Kier alpha value is -3.06. The fraction of sp³-hybridized carbons (Fsp3) is 0.433. The maximum Gasteiger partial charge on any atom is 0.263 e. The maximum absolute atomic E-state index is 13.7. The molecule has 0 bridgehead atoms. The molecule has 2 heterocycles. The van der Waals surface area contributed by atoms with E-state index in [0.29, 0.717) is 41.3 Å². The lowest BCUT2D eigenvalue weighted by Gasteiger charge is -2.17. The third kappa shape index (κ3) is 7.78. The van der Waals surface area contributed by atoms with Gasteiger partial charge in [-0.25, -0.2) is 4.98 Å². The Morgan fingerprint density at radius 2 is 1.57 bits per heavy atom. The molecule has 0 fully saturated rings. The highest BCUT2D eigenvalue weighted by Gasteiger charge is 2.21. The van der Waals surface area contributed by atoms with E-state index >= 15 is 0 Å². The molecule has 0 saturated carbocycles. The monoisotopic (exact) mass is 579 g/mol. The van der Waals surface area contributed by atoms with Gasteiger partial charge >= 0.3 is 0 Å². The Morgan fingerprint density at radius 1 is 0.900 bits per heavy atom. The second-order valence-electron chi connectivity index (χ2n) is 12.5. The molecule has 2 aromatic carbocycles. The Kier molecular flexibility index (Phi) is 9.45. The van der Waals surface area contributed by atoms with Crippen molar-refractivity contribution in [1.29, 1.82) is 0 Å². The average Bonchev–Trinajstić information content (AvgIpc) is 3.28. The van der Waals surface area contributed by atoms with Crippen molar-refractivity contribution in [2.45, 2.75) is 65.0 Å². The first-order chi connectivity index (χ1) is 18.9. The number of hydrogen-bond acceptors (Lipinski definition) is 7. The molecule has 0 atom stereocenters. The van der Waals surface area contributed by atoms with Gasteiger partial charge in [-0.3, -0.25) is 9.36 Å². The van der Waals surface area contributed by atoms with E-state index in [2.05, 4.69) is 49.4 Å². The van der Waals surface area contributed by atoms with Crippen LogP contribution >= 0.6 is 0 Å². The molecule has 4 rings (SSSR count). The first-order valence-electron chi connectivity index (χ1n) is 13.8. The number of rotatable bonds is 13. The predicted molar refractivity (Wildman–Crippen MR) is 165 cm³/mol. The van der Waals surface area contributed by atoms with E-state index in [4.69, 9.17) is 18.7 Å². The molecule has 0 radical (unpaired) electrons. The molecule has 0 aliphatic carbocycles. The minimum Gasteiger partial charge on any atom is -0.465 e. The minimum atomic E-state index is -1.24. The van der Waals surface area contributed by atoms with Gasteiger partial charge in [-0.1, -0.05) is 74.8 Å². The lowest BCUT2D eigenvalue weighted by atomic mass is 9.98. The van der Waals surface area contributed by atoms with Crippen molar-refractivity contribution in [2.75, 3.05) is 20.0 Å². The second kappa shape index (κ2) is 12.6. The summed E-state index contributed by atoms with van der Waals surface area (Å²) >= 11 is 0. The molecule has 214 valence electrons. The summed E-state index contributed by atoms with van der Waals surface area (Å²) in [5, 5.41) is 4.77. The van der Waals surface area contributed by atoms with Gasteiger partial charge in [-0.2, -0.15) is 0 Å². The fourth-order valence-corrected chi connectivity index (χ4v) is 5.69. The Morgan fingerprint density at radius 3 is 2.25 bits per heavy atom. The van der Waals surface area contributed by atoms with E-state index in [1.54, 1.807) is 0 Å². The van der Waals surface area contributed by atoms with Crippen LogP contribution in [-0.2, 0) is 16.2 Å². The van der Waals surface area contributed by atoms with Crippen LogP contribution in [-0.4, -0.2) is 50.9 Å². The van der Waals surface area contributed by atoms with Crippen molar-refractivity contribution in [3.63, 3.8) is 0 Å². The number of fused-ring (bicyclic) bond motifs is 1. The maximum atomic E-state index is 13.7. The molecular formula is C30H41N3O5Si2. The lowest BCUT2D eigenvalue weighted by molar-refractivity contribution is 0.0228. The predicted octanol–water partition coefficient (Wildman–Crippen LogP) is 7.03. The van der Waals surface area contributed by atoms with Crippen LogP contribution in [0.1, 0.15) is 5.76 Å². The number of hydrogen-bond donors (Lipinski definition) is 0. The fourth-order valence-electron chi connectivity index (χ4n) is 4.17. The topological polar surface area (TPSA) is 88.6 Å². The SMILES string of the molecule is Cc1onc(-c2ccccc2)c1-c1cc(OCOCC[Si](C)(C)C)c2ncn(COCC[Si](C)(C)C)c(=O)c2c1. The third-order valence-electron chi connectivity index (χ3n) is 6.61. The van der Waals surface area contributed by atoms with Gasteiger partial charge in [-0.05, 0) is 36.7 Å². The van der Waals surface area contributed by atoms with E-state index in [-0.39, 0.29) is 19.1 Å². The van der Waals surface area contributed by atoms with Crippen LogP contribution in [0.2, 0.25) is 51.4 Å². The van der Waals surface area contributed by atoms with Crippen LogP contribution in [0.4, 0.5) is 0 Å². The van der Waals surface area contributed by atoms with Crippen LogP contribution in [0.5, 0.6) is 5.75 Å². The highest BCUT2D eigenvalue weighted by molar-refractivity contribution is 6.76. The largest absolute Gasteiger partial charge is 0.465 e. The third-order valence-corrected chi connectivity index (χ3v) is 10.0. The molecule has 2 aromatic heterocycles. The van der Waals surface area contributed by atoms with Gasteiger partial charge in [-0.15, -0.1) is 0 Å². The summed E-state index contributed by atoms with van der Waals surface area (Å²) in [7, 11) is -2.46. The molecule has 0 N–H and O–H groups in total. The normalized spacial score (nSPS) is 12.3. The van der Waals surface area contributed by atoms with Crippen LogP contribution in [0.3, 0.4) is 0 Å². The summed E-state index contributed by atoms with van der Waals surface area (Å²) in [6.45, 7) is 17.2. The Labute approximate surface area is 238 Å². The molecule has 0 saturated heterocycles. The summed E-state index contributed by atoms with van der Waals surface area (Å²) in [5.74, 6) is 1.12. The summed E-state index contributed by atoms with van der Waals surface area (Å²) in [6, 6.07) is 15.6. The highest BCUT2D eigenvalue weighted by atomic mass is 28.3. The van der Waals surface area contributed by atoms with Crippen LogP contribution in [0, 0.1) is 6.92 Å². The zero-order valence-electron chi connectivity index (χ0n) is 24.7. The average molecular weight is 580 g/mol. The van der Waals surface area contributed by atoms with Crippen molar-refractivity contribution in [2.24, 2.45) is 0 Å². The van der Waals surface area contributed by atoms with Crippen molar-refractivity contribution in [3.8, 4) is 28.1 Å². The molecule has 0 aliphatic rings. The molecule has 10 heteroatoms. The number of nitrogens with zero attached hydrogens (tertiary/aromatic N) is 3. The second-order valence-corrected chi connectivity index (χ2v) is 23.8. The van der Waals surface area contributed by atoms with E-state index in [1.807, 2.05) is 49.4 Å². The molecule has 0 aliphatic heterocycles. The van der Waals surface area contributed by atoms with Crippen LogP contribution < -0.4 is 10.3 Å². The van der Waals surface area contributed by atoms with E-state index in [1.165, 1.54) is 10.9 Å². The first kappa shape index (κ1) is 29.9. The van der Waals surface area contributed by atoms with Crippen LogP contribution in [0.15, 0.2) is 58.1 Å².